The van der Waals surface area contributed by atoms with Crippen LogP contribution >= 0.6 is 0 Å². The Morgan fingerprint density at radius 3 is 2.68 bits per heavy atom. The van der Waals surface area contributed by atoms with Crippen molar-refractivity contribution >= 4 is 11.7 Å². The molecule has 1 fully saturated rings. The van der Waals surface area contributed by atoms with E-state index in [1.807, 2.05) is 6.07 Å². The molecular formula is C20H27NO4. The maximum absolute atomic E-state index is 11.0. The SMILES string of the molecule is CC[C@@H]1N=C(CC(=O)O)CC1c1ccc(OC)c(OC2CCCC2)c1. The van der Waals surface area contributed by atoms with Crippen molar-refractivity contribution < 1.29 is 19.4 Å². The molecule has 0 radical (unpaired) electrons. The number of rotatable bonds is 7. The molecule has 136 valence electrons. The van der Waals surface area contributed by atoms with Crippen LogP contribution in [0, 0.1) is 0 Å². The number of carboxylic acid groups (broad SMARTS) is 1. The van der Waals surface area contributed by atoms with Crippen molar-refractivity contribution in [2.24, 2.45) is 4.99 Å². The van der Waals surface area contributed by atoms with Gasteiger partial charge in [0.25, 0.3) is 0 Å². The number of methoxy groups -OCH3 is 1. The Hall–Kier alpha value is -2.04. The van der Waals surface area contributed by atoms with E-state index in [9.17, 15) is 4.79 Å². The lowest BCUT2D eigenvalue weighted by atomic mass is 9.88. The molecule has 3 rings (SSSR count). The number of benzene rings is 1. The zero-order valence-corrected chi connectivity index (χ0v) is 15.0. The minimum Gasteiger partial charge on any atom is -0.493 e. The van der Waals surface area contributed by atoms with Crippen molar-refractivity contribution in [3.05, 3.63) is 23.8 Å². The summed E-state index contributed by atoms with van der Waals surface area (Å²) >= 11 is 0. The average molecular weight is 345 g/mol. The predicted molar refractivity (Wildman–Crippen MR) is 97.0 cm³/mol. The first kappa shape index (κ1) is 17.8. The molecule has 25 heavy (non-hydrogen) atoms. The fraction of sp³-hybridized carbons (Fsp3) is 0.600. The van der Waals surface area contributed by atoms with Crippen molar-refractivity contribution in [1.82, 2.24) is 0 Å². The van der Waals surface area contributed by atoms with Gasteiger partial charge >= 0.3 is 5.97 Å². The van der Waals surface area contributed by atoms with E-state index in [-0.39, 0.29) is 24.5 Å². The van der Waals surface area contributed by atoms with Crippen molar-refractivity contribution in [2.45, 2.75) is 69.9 Å². The van der Waals surface area contributed by atoms with Crippen LogP contribution in [-0.4, -0.2) is 36.0 Å². The van der Waals surface area contributed by atoms with Crippen LogP contribution in [0.3, 0.4) is 0 Å². The first-order valence-electron chi connectivity index (χ1n) is 9.22. The average Bonchev–Trinajstić information content (AvgIpc) is 3.23. The molecule has 0 aromatic heterocycles. The molecule has 1 N–H and O–H groups in total. The van der Waals surface area contributed by atoms with E-state index in [0.717, 1.165) is 42.0 Å². The quantitative estimate of drug-likeness (QED) is 0.804. The normalized spacial score (nSPS) is 23.5. The molecule has 2 aliphatic rings. The van der Waals surface area contributed by atoms with Crippen LogP contribution in [0.5, 0.6) is 11.5 Å². The van der Waals surface area contributed by atoms with Gasteiger partial charge in [-0.2, -0.15) is 0 Å². The van der Waals surface area contributed by atoms with E-state index in [1.165, 1.54) is 12.8 Å². The lowest BCUT2D eigenvalue weighted by Crippen LogP contribution is -2.14. The molecule has 1 aromatic carbocycles. The van der Waals surface area contributed by atoms with Crippen LogP contribution < -0.4 is 9.47 Å². The molecule has 1 heterocycles. The van der Waals surface area contributed by atoms with Crippen LogP contribution in [0.1, 0.15) is 63.4 Å². The minimum absolute atomic E-state index is 0.0363. The number of nitrogens with zero attached hydrogens (tertiary/aromatic N) is 1. The first-order valence-corrected chi connectivity index (χ1v) is 9.22. The van der Waals surface area contributed by atoms with Gasteiger partial charge in [0.1, 0.15) is 0 Å². The van der Waals surface area contributed by atoms with E-state index in [0.29, 0.717) is 6.42 Å². The second-order valence-corrected chi connectivity index (χ2v) is 6.99. The zero-order valence-electron chi connectivity index (χ0n) is 15.0. The molecule has 5 heteroatoms. The van der Waals surface area contributed by atoms with E-state index < -0.39 is 5.97 Å². The van der Waals surface area contributed by atoms with E-state index in [4.69, 9.17) is 14.6 Å². The third kappa shape index (κ3) is 4.14. The van der Waals surface area contributed by atoms with Crippen LogP contribution in [0.2, 0.25) is 0 Å². The molecular weight excluding hydrogens is 318 g/mol. The zero-order chi connectivity index (χ0) is 17.8. The smallest absolute Gasteiger partial charge is 0.309 e. The topological polar surface area (TPSA) is 68.1 Å². The summed E-state index contributed by atoms with van der Waals surface area (Å²) < 4.78 is 11.7. The fourth-order valence-electron chi connectivity index (χ4n) is 3.98. The summed E-state index contributed by atoms with van der Waals surface area (Å²) in [5, 5.41) is 9.04. The Labute approximate surface area is 149 Å². The molecule has 0 bridgehead atoms. The predicted octanol–water partition coefficient (Wildman–Crippen LogP) is 4.20. The Bertz CT molecular complexity index is 649. The van der Waals surface area contributed by atoms with Gasteiger partial charge in [0.05, 0.1) is 25.7 Å². The highest BCUT2D eigenvalue weighted by atomic mass is 16.5. The fourth-order valence-corrected chi connectivity index (χ4v) is 3.98. The van der Waals surface area contributed by atoms with Crippen LogP contribution in [-0.2, 0) is 4.79 Å². The summed E-state index contributed by atoms with van der Waals surface area (Å²) in [7, 11) is 1.66. The van der Waals surface area contributed by atoms with E-state index in [2.05, 4.69) is 24.0 Å². The van der Waals surface area contributed by atoms with Crippen LogP contribution in [0.25, 0.3) is 0 Å². The monoisotopic (exact) mass is 345 g/mol. The maximum atomic E-state index is 11.0. The lowest BCUT2D eigenvalue weighted by Gasteiger charge is -2.21. The Kier molecular flexibility index (Phi) is 5.61. The van der Waals surface area contributed by atoms with Gasteiger partial charge in [0.15, 0.2) is 11.5 Å². The number of ether oxygens (including phenoxy) is 2. The second-order valence-electron chi connectivity index (χ2n) is 6.99. The largest absolute Gasteiger partial charge is 0.493 e. The summed E-state index contributed by atoms with van der Waals surface area (Å²) in [5.41, 5.74) is 1.95. The van der Waals surface area contributed by atoms with Gasteiger partial charge in [-0.15, -0.1) is 0 Å². The number of hydrogen-bond acceptors (Lipinski definition) is 4. The third-order valence-electron chi connectivity index (χ3n) is 5.25. The summed E-state index contributed by atoms with van der Waals surface area (Å²) in [6, 6.07) is 6.24. The van der Waals surface area contributed by atoms with Gasteiger partial charge in [0, 0.05) is 11.6 Å². The number of hydrogen-bond donors (Lipinski definition) is 1. The van der Waals surface area contributed by atoms with Crippen LogP contribution in [0.15, 0.2) is 23.2 Å². The van der Waals surface area contributed by atoms with Gasteiger partial charge in [0.2, 0.25) is 0 Å². The summed E-state index contributed by atoms with van der Waals surface area (Å²) in [4.78, 5) is 15.7. The molecule has 1 aromatic rings. The van der Waals surface area contributed by atoms with Gasteiger partial charge in [-0.25, -0.2) is 0 Å². The minimum atomic E-state index is -0.811. The van der Waals surface area contributed by atoms with E-state index in [1.54, 1.807) is 7.11 Å². The highest BCUT2D eigenvalue weighted by Crippen LogP contribution is 2.39. The maximum Gasteiger partial charge on any atom is 0.309 e. The molecule has 1 aliphatic carbocycles. The third-order valence-corrected chi connectivity index (χ3v) is 5.25. The molecule has 1 saturated carbocycles. The van der Waals surface area contributed by atoms with Crippen molar-refractivity contribution in [2.75, 3.05) is 7.11 Å². The van der Waals surface area contributed by atoms with E-state index >= 15 is 0 Å². The Morgan fingerprint density at radius 2 is 2.04 bits per heavy atom. The van der Waals surface area contributed by atoms with Gasteiger partial charge in [-0.3, -0.25) is 9.79 Å². The standard InChI is InChI=1S/C20H27NO4/c1-3-17-16(11-14(21-17)12-20(22)23)13-8-9-18(24-2)19(10-13)25-15-6-4-5-7-15/h8-10,15-17H,3-7,11-12H2,1-2H3,(H,22,23)/t16?,17-/m0/s1. The molecule has 1 unspecified atom stereocenters. The number of carboxylic acids is 1. The molecule has 0 saturated heterocycles. The molecule has 0 amide bonds. The highest BCUT2D eigenvalue weighted by Gasteiger charge is 2.31. The second kappa shape index (κ2) is 7.89. The van der Waals surface area contributed by atoms with Gasteiger partial charge in [-0.05, 0) is 56.2 Å². The number of aliphatic carboxylic acids is 1. The molecule has 2 atom stereocenters. The number of carbonyl (C=O) groups is 1. The van der Waals surface area contributed by atoms with Crippen LogP contribution in [0.4, 0.5) is 0 Å². The lowest BCUT2D eigenvalue weighted by molar-refractivity contribution is -0.135. The van der Waals surface area contributed by atoms with Gasteiger partial charge < -0.3 is 14.6 Å². The molecule has 5 nitrogen and oxygen atoms in total. The summed E-state index contributed by atoms with van der Waals surface area (Å²) in [5.74, 6) is 0.965. The van der Waals surface area contributed by atoms with Crippen molar-refractivity contribution in [3.8, 4) is 11.5 Å². The van der Waals surface area contributed by atoms with Crippen molar-refractivity contribution in [3.63, 3.8) is 0 Å². The van der Waals surface area contributed by atoms with Crippen molar-refractivity contribution in [1.29, 1.82) is 0 Å². The Morgan fingerprint density at radius 1 is 1.28 bits per heavy atom. The molecule has 0 spiro atoms. The molecule has 1 aliphatic heterocycles. The van der Waals surface area contributed by atoms with Gasteiger partial charge in [-0.1, -0.05) is 13.0 Å². The summed E-state index contributed by atoms with van der Waals surface area (Å²) in [6.45, 7) is 2.10. The number of aliphatic imine (C=N–C) groups is 1. The first-order chi connectivity index (χ1) is 12.1. The summed E-state index contributed by atoms with van der Waals surface area (Å²) in [6.07, 6.45) is 6.56. The highest BCUT2D eigenvalue weighted by molar-refractivity contribution is 5.99. The Balaban J connectivity index is 1.80.